The van der Waals surface area contributed by atoms with Crippen molar-refractivity contribution in [3.05, 3.63) is 47.5 Å². The van der Waals surface area contributed by atoms with Crippen LogP contribution in [0.25, 0.3) is 0 Å². The van der Waals surface area contributed by atoms with Crippen molar-refractivity contribution < 1.29 is 49.6 Å². The smallest absolute Gasteiger partial charge is 0.229 e. The van der Waals surface area contributed by atoms with Crippen molar-refractivity contribution in [3.63, 3.8) is 0 Å². The van der Waals surface area contributed by atoms with Gasteiger partial charge in [0.2, 0.25) is 6.29 Å². The van der Waals surface area contributed by atoms with E-state index in [0.29, 0.717) is 5.56 Å². The van der Waals surface area contributed by atoms with Gasteiger partial charge < -0.3 is 44.8 Å². The van der Waals surface area contributed by atoms with Crippen molar-refractivity contribution in [2.24, 2.45) is 0 Å². The van der Waals surface area contributed by atoms with Crippen LogP contribution in [0.4, 0.5) is 0 Å². The van der Waals surface area contributed by atoms with E-state index in [1.807, 2.05) is 0 Å². The molecule has 1 saturated heterocycles. The molecule has 0 amide bonds. The van der Waals surface area contributed by atoms with Crippen molar-refractivity contribution in [2.45, 2.75) is 43.2 Å². The molecule has 31 heavy (non-hydrogen) atoms. The van der Waals surface area contributed by atoms with Gasteiger partial charge >= 0.3 is 0 Å². The molecule has 0 bridgehead atoms. The maximum atomic E-state index is 12.6. The number of phenolic OH excluding ortho intramolecular Hbond substituents is 2. The molecule has 0 saturated carbocycles. The third-order valence-corrected chi connectivity index (χ3v) is 5.34. The number of Topliss-reactive ketones (excluding diaryl/α,β-unsaturated/α-hetero) is 1. The fraction of sp³-hybridized carbons (Fsp3) is 0.381. The van der Waals surface area contributed by atoms with Gasteiger partial charge in [0.05, 0.1) is 13.0 Å². The number of aliphatic hydroxyl groups is 4. The van der Waals surface area contributed by atoms with Gasteiger partial charge in [0, 0.05) is 12.1 Å². The number of rotatable bonds is 4. The summed E-state index contributed by atoms with van der Waals surface area (Å²) >= 11 is 0. The van der Waals surface area contributed by atoms with E-state index >= 15 is 0 Å². The molecule has 10 heteroatoms. The van der Waals surface area contributed by atoms with E-state index in [4.69, 9.17) is 14.2 Å². The molecule has 166 valence electrons. The SMILES string of the molecule is O=C1C[C@H](c2ccc(O)cc2)Oc2cc(OC3O[C@H](CO)[C@@H](O)[C@H](O)[C@H]3O)cc(O)c21. The molecule has 0 spiro atoms. The van der Waals surface area contributed by atoms with Gasteiger partial charge in [0.1, 0.15) is 59.1 Å². The van der Waals surface area contributed by atoms with E-state index in [1.54, 1.807) is 12.1 Å². The number of benzene rings is 2. The Hall–Kier alpha value is -2.89. The largest absolute Gasteiger partial charge is 0.508 e. The molecule has 2 aliphatic heterocycles. The maximum Gasteiger partial charge on any atom is 0.229 e. The molecular formula is C21H22O10. The maximum absolute atomic E-state index is 12.6. The van der Waals surface area contributed by atoms with Crippen molar-refractivity contribution >= 4 is 5.78 Å². The number of aromatic hydroxyl groups is 2. The lowest BCUT2D eigenvalue weighted by Crippen LogP contribution is -2.60. The van der Waals surface area contributed by atoms with Crippen LogP contribution in [-0.2, 0) is 4.74 Å². The number of carbonyl (C=O) groups is 1. The third kappa shape index (κ3) is 4.03. The molecule has 6 N–H and O–H groups in total. The Morgan fingerprint density at radius 1 is 1.00 bits per heavy atom. The van der Waals surface area contributed by atoms with Crippen molar-refractivity contribution in [2.75, 3.05) is 6.61 Å². The monoisotopic (exact) mass is 434 g/mol. The lowest BCUT2D eigenvalue weighted by atomic mass is 9.95. The van der Waals surface area contributed by atoms with Gasteiger partial charge in [0.25, 0.3) is 0 Å². The van der Waals surface area contributed by atoms with Crippen LogP contribution in [0.5, 0.6) is 23.0 Å². The first kappa shape index (κ1) is 21.3. The molecule has 2 aliphatic rings. The molecule has 0 aliphatic carbocycles. The summed E-state index contributed by atoms with van der Waals surface area (Å²) in [4.78, 5) is 12.6. The highest BCUT2D eigenvalue weighted by Crippen LogP contribution is 2.42. The quantitative estimate of drug-likeness (QED) is 0.385. The number of aliphatic hydroxyl groups excluding tert-OH is 4. The van der Waals surface area contributed by atoms with Gasteiger partial charge in [-0.3, -0.25) is 4.79 Å². The molecular weight excluding hydrogens is 412 g/mol. The fourth-order valence-corrected chi connectivity index (χ4v) is 3.66. The standard InChI is InChI=1S/C21H22O10/c22-8-16-18(26)19(27)20(28)21(31-16)29-11-5-12(24)17-13(25)7-14(30-15(17)6-11)9-1-3-10(23)4-2-9/h1-6,14,16,18-24,26-28H,7-8H2/t14-,16-,18-,19+,20-,21?/m1/s1. The second kappa shape index (κ2) is 8.33. The molecule has 0 aromatic heterocycles. The number of hydrogen-bond acceptors (Lipinski definition) is 10. The van der Waals surface area contributed by atoms with Gasteiger partial charge in [-0.25, -0.2) is 0 Å². The Morgan fingerprint density at radius 3 is 2.39 bits per heavy atom. The van der Waals surface area contributed by atoms with Crippen LogP contribution in [-0.4, -0.2) is 73.7 Å². The predicted octanol–water partition coefficient (Wildman–Crippen LogP) is -0.0170. The second-order valence-electron chi connectivity index (χ2n) is 7.46. The zero-order valence-corrected chi connectivity index (χ0v) is 16.2. The van der Waals surface area contributed by atoms with Gasteiger partial charge in [0.15, 0.2) is 5.78 Å². The van der Waals surface area contributed by atoms with E-state index in [-0.39, 0.29) is 35.0 Å². The summed E-state index contributed by atoms with van der Waals surface area (Å²) in [6, 6.07) is 8.64. The van der Waals surface area contributed by atoms with Crippen LogP contribution in [0, 0.1) is 0 Å². The summed E-state index contributed by atoms with van der Waals surface area (Å²) in [5, 5.41) is 59.0. The molecule has 2 aromatic rings. The minimum Gasteiger partial charge on any atom is -0.508 e. The second-order valence-corrected chi connectivity index (χ2v) is 7.46. The van der Waals surface area contributed by atoms with Gasteiger partial charge in [-0.2, -0.15) is 0 Å². The Morgan fingerprint density at radius 2 is 1.71 bits per heavy atom. The highest BCUT2D eigenvalue weighted by Gasteiger charge is 2.45. The van der Waals surface area contributed by atoms with Crippen LogP contribution < -0.4 is 9.47 Å². The Kier molecular flexibility index (Phi) is 5.73. The highest BCUT2D eigenvalue weighted by atomic mass is 16.7. The van der Waals surface area contributed by atoms with Crippen molar-refractivity contribution in [1.82, 2.24) is 0 Å². The number of ketones is 1. The average Bonchev–Trinajstić information content (AvgIpc) is 2.74. The molecule has 4 rings (SSSR count). The summed E-state index contributed by atoms with van der Waals surface area (Å²) in [6.45, 7) is -0.619. The van der Waals surface area contributed by atoms with E-state index in [2.05, 4.69) is 0 Å². The molecule has 1 fully saturated rings. The van der Waals surface area contributed by atoms with E-state index in [0.717, 1.165) is 6.07 Å². The summed E-state index contributed by atoms with van der Waals surface area (Å²) in [7, 11) is 0. The zero-order valence-electron chi connectivity index (χ0n) is 16.2. The number of hydrogen-bond donors (Lipinski definition) is 6. The van der Waals surface area contributed by atoms with Crippen LogP contribution in [0.3, 0.4) is 0 Å². The normalized spacial score (nSPS) is 30.4. The minimum atomic E-state index is -1.64. The fourth-order valence-electron chi connectivity index (χ4n) is 3.66. The van der Waals surface area contributed by atoms with Crippen molar-refractivity contribution in [3.8, 4) is 23.0 Å². The molecule has 2 aromatic carbocycles. The Bertz CT molecular complexity index is 957. The van der Waals surface area contributed by atoms with Crippen LogP contribution in [0.1, 0.15) is 28.4 Å². The number of fused-ring (bicyclic) bond motifs is 1. The summed E-state index contributed by atoms with van der Waals surface area (Å²) in [5.41, 5.74) is 0.632. The molecule has 2 heterocycles. The molecule has 6 atom stereocenters. The predicted molar refractivity (Wildman–Crippen MR) is 103 cm³/mol. The number of phenols is 2. The highest BCUT2D eigenvalue weighted by molar-refractivity contribution is 6.02. The number of ether oxygens (including phenoxy) is 3. The van der Waals surface area contributed by atoms with E-state index < -0.39 is 49.2 Å². The van der Waals surface area contributed by atoms with Gasteiger partial charge in [-0.15, -0.1) is 0 Å². The Labute approximate surface area is 176 Å². The molecule has 10 nitrogen and oxygen atoms in total. The summed E-state index contributed by atoms with van der Waals surface area (Å²) in [5.74, 6) is -0.657. The van der Waals surface area contributed by atoms with Crippen LogP contribution in [0.15, 0.2) is 36.4 Å². The lowest BCUT2D eigenvalue weighted by Gasteiger charge is -2.39. The first-order chi connectivity index (χ1) is 14.8. The molecule has 0 radical (unpaired) electrons. The third-order valence-electron chi connectivity index (χ3n) is 5.34. The lowest BCUT2D eigenvalue weighted by molar-refractivity contribution is -0.277. The Balaban J connectivity index is 1.59. The van der Waals surface area contributed by atoms with Gasteiger partial charge in [-0.1, -0.05) is 12.1 Å². The van der Waals surface area contributed by atoms with Crippen LogP contribution in [0.2, 0.25) is 0 Å². The van der Waals surface area contributed by atoms with E-state index in [1.165, 1.54) is 18.2 Å². The van der Waals surface area contributed by atoms with Crippen LogP contribution >= 0.6 is 0 Å². The average molecular weight is 434 g/mol. The minimum absolute atomic E-state index is 0.0156. The topological polar surface area (TPSA) is 166 Å². The van der Waals surface area contributed by atoms with Crippen molar-refractivity contribution in [1.29, 1.82) is 0 Å². The molecule has 1 unspecified atom stereocenters. The first-order valence-electron chi connectivity index (χ1n) is 9.61. The summed E-state index contributed by atoms with van der Waals surface area (Å²) < 4.78 is 16.7. The first-order valence-corrected chi connectivity index (χ1v) is 9.61. The zero-order chi connectivity index (χ0) is 22.3. The summed E-state index contributed by atoms with van der Waals surface area (Å²) in [6.07, 6.45) is -8.09. The van der Waals surface area contributed by atoms with Gasteiger partial charge in [-0.05, 0) is 17.7 Å². The number of carbonyl (C=O) groups excluding carboxylic acids is 1. The van der Waals surface area contributed by atoms with E-state index in [9.17, 15) is 35.4 Å².